The molecule has 0 radical (unpaired) electrons. The highest BCUT2D eigenvalue weighted by atomic mass is 79.9. The highest BCUT2D eigenvalue weighted by Crippen LogP contribution is 2.35. The van der Waals surface area contributed by atoms with E-state index in [1.54, 1.807) is 24.3 Å². The van der Waals surface area contributed by atoms with E-state index >= 15 is 0 Å². The number of thioether (sulfide) groups is 1. The van der Waals surface area contributed by atoms with Crippen LogP contribution < -0.4 is 0 Å². The van der Waals surface area contributed by atoms with Gasteiger partial charge < -0.3 is 9.52 Å². The van der Waals surface area contributed by atoms with Crippen molar-refractivity contribution in [1.82, 2.24) is 4.90 Å². The van der Waals surface area contributed by atoms with Gasteiger partial charge in [0.1, 0.15) is 11.5 Å². The minimum atomic E-state index is -1.02. The molecule has 1 saturated heterocycles. The van der Waals surface area contributed by atoms with Crippen LogP contribution in [-0.2, 0) is 11.3 Å². The number of nitrogens with zero attached hydrogens (tertiary/aromatic N) is 1. The molecule has 6 nitrogen and oxygen atoms in total. The fourth-order valence-electron chi connectivity index (χ4n) is 3.18. The first-order chi connectivity index (χ1) is 14.8. The lowest BCUT2D eigenvalue weighted by molar-refractivity contribution is -0.123. The third-order valence-corrected chi connectivity index (χ3v) is 6.15. The molecule has 1 N–H and O–H groups in total. The Kier molecular flexibility index (Phi) is 5.84. The summed E-state index contributed by atoms with van der Waals surface area (Å²) in [4.78, 5) is 37.9. The van der Waals surface area contributed by atoms with Gasteiger partial charge >= 0.3 is 5.97 Å². The Morgan fingerprint density at radius 2 is 1.97 bits per heavy atom. The lowest BCUT2D eigenvalue weighted by Gasteiger charge is -2.12. The number of halogens is 1. The molecule has 1 aliphatic heterocycles. The number of carbonyl (C=O) groups excluding carboxylic acids is 2. The first-order valence-electron chi connectivity index (χ1n) is 9.26. The topological polar surface area (TPSA) is 87.8 Å². The molecule has 1 aromatic heterocycles. The maximum absolute atomic E-state index is 12.8. The average molecular weight is 498 g/mol. The molecule has 4 rings (SSSR count). The molecule has 1 fully saturated rings. The Hall–Kier alpha value is -3.10. The molecule has 156 valence electrons. The quantitative estimate of drug-likeness (QED) is 0.438. The summed E-state index contributed by atoms with van der Waals surface area (Å²) >= 11 is 4.25. The maximum atomic E-state index is 12.8. The van der Waals surface area contributed by atoms with E-state index in [0.29, 0.717) is 17.1 Å². The number of benzene rings is 2. The standard InChI is InChI=1S/C23H16BrNO5S/c1-13-5-6-15(22(27)28)10-18(13)19-8-7-17(30-19)11-20-21(26)25(23(29)31-20)12-14-3-2-4-16(24)9-14/h2-11H,12H2,1H3,(H,27,28). The molecule has 0 saturated carbocycles. The zero-order valence-electron chi connectivity index (χ0n) is 16.3. The molecule has 0 bridgehead atoms. The van der Waals surface area contributed by atoms with E-state index in [1.165, 1.54) is 17.0 Å². The van der Waals surface area contributed by atoms with Crippen molar-refractivity contribution in [2.24, 2.45) is 0 Å². The van der Waals surface area contributed by atoms with E-state index in [0.717, 1.165) is 27.4 Å². The van der Waals surface area contributed by atoms with Gasteiger partial charge in [-0.1, -0.05) is 34.1 Å². The van der Waals surface area contributed by atoms with Crippen molar-refractivity contribution >= 4 is 50.9 Å². The monoisotopic (exact) mass is 497 g/mol. The number of carbonyl (C=O) groups is 3. The lowest BCUT2D eigenvalue weighted by Crippen LogP contribution is -2.27. The Morgan fingerprint density at radius 1 is 1.16 bits per heavy atom. The number of aryl methyl sites for hydroxylation is 1. The number of carboxylic acid groups (broad SMARTS) is 1. The first-order valence-corrected chi connectivity index (χ1v) is 10.9. The van der Waals surface area contributed by atoms with E-state index in [9.17, 15) is 19.5 Å². The van der Waals surface area contributed by atoms with Crippen LogP contribution in [0.2, 0.25) is 0 Å². The Labute approximate surface area is 190 Å². The van der Waals surface area contributed by atoms with Gasteiger partial charge in [-0.25, -0.2) is 4.79 Å². The van der Waals surface area contributed by atoms with Crippen LogP contribution in [0.4, 0.5) is 4.79 Å². The Bertz CT molecular complexity index is 1250. The van der Waals surface area contributed by atoms with Crippen molar-refractivity contribution in [3.8, 4) is 11.3 Å². The van der Waals surface area contributed by atoms with Crippen molar-refractivity contribution in [3.63, 3.8) is 0 Å². The Morgan fingerprint density at radius 3 is 2.71 bits per heavy atom. The molecule has 31 heavy (non-hydrogen) atoms. The molecule has 2 heterocycles. The van der Waals surface area contributed by atoms with Crippen molar-refractivity contribution in [1.29, 1.82) is 0 Å². The number of hydrogen-bond acceptors (Lipinski definition) is 5. The highest BCUT2D eigenvalue weighted by molar-refractivity contribution is 9.10. The molecular weight excluding hydrogens is 482 g/mol. The fourth-order valence-corrected chi connectivity index (χ4v) is 4.44. The van der Waals surface area contributed by atoms with Crippen molar-refractivity contribution in [2.75, 3.05) is 0 Å². The van der Waals surface area contributed by atoms with Gasteiger partial charge in [0.15, 0.2) is 0 Å². The molecule has 0 atom stereocenters. The molecule has 0 aliphatic carbocycles. The van der Waals surface area contributed by atoms with Gasteiger partial charge in [0.2, 0.25) is 0 Å². The minimum absolute atomic E-state index is 0.159. The highest BCUT2D eigenvalue weighted by Gasteiger charge is 2.35. The molecule has 0 unspecified atom stereocenters. The second-order valence-electron chi connectivity index (χ2n) is 6.93. The van der Waals surface area contributed by atoms with Crippen molar-refractivity contribution in [3.05, 3.63) is 86.4 Å². The number of furan rings is 1. The second-order valence-corrected chi connectivity index (χ2v) is 8.84. The molecule has 3 aromatic rings. The van der Waals surface area contributed by atoms with Crippen LogP contribution in [0.1, 0.15) is 27.2 Å². The fraction of sp³-hybridized carbons (Fsp3) is 0.0870. The smallest absolute Gasteiger partial charge is 0.335 e. The number of carboxylic acids is 1. The molecule has 8 heteroatoms. The normalized spacial score (nSPS) is 15.2. The molecule has 2 aromatic carbocycles. The summed E-state index contributed by atoms with van der Waals surface area (Å²) in [6.07, 6.45) is 1.53. The van der Waals surface area contributed by atoms with Gasteiger partial charge in [-0.05, 0) is 66.2 Å². The zero-order valence-corrected chi connectivity index (χ0v) is 18.7. The van der Waals surface area contributed by atoms with Crippen LogP contribution in [0, 0.1) is 6.92 Å². The van der Waals surface area contributed by atoms with E-state index in [2.05, 4.69) is 15.9 Å². The van der Waals surface area contributed by atoms with Gasteiger partial charge in [0.05, 0.1) is 17.0 Å². The average Bonchev–Trinajstić information content (AvgIpc) is 3.28. The number of imide groups is 1. The summed E-state index contributed by atoms with van der Waals surface area (Å²) in [7, 11) is 0. The number of hydrogen-bond donors (Lipinski definition) is 1. The van der Waals surface area contributed by atoms with Crippen LogP contribution in [-0.4, -0.2) is 27.1 Å². The molecule has 1 aliphatic rings. The van der Waals surface area contributed by atoms with Gasteiger partial charge in [-0.15, -0.1) is 0 Å². The van der Waals surface area contributed by atoms with E-state index in [-0.39, 0.29) is 28.2 Å². The number of rotatable bonds is 5. The summed E-state index contributed by atoms with van der Waals surface area (Å²) in [5.74, 6) is -0.507. The van der Waals surface area contributed by atoms with Crippen molar-refractivity contribution < 1.29 is 23.9 Å². The van der Waals surface area contributed by atoms with Crippen LogP contribution in [0.15, 0.2) is 68.4 Å². The van der Waals surface area contributed by atoms with Gasteiger partial charge in [-0.2, -0.15) is 0 Å². The number of aromatic carboxylic acids is 1. The van der Waals surface area contributed by atoms with Crippen LogP contribution in [0.3, 0.4) is 0 Å². The van der Waals surface area contributed by atoms with E-state index in [1.807, 2.05) is 31.2 Å². The minimum Gasteiger partial charge on any atom is -0.478 e. The van der Waals surface area contributed by atoms with Crippen molar-refractivity contribution in [2.45, 2.75) is 13.5 Å². The summed E-state index contributed by atoms with van der Waals surface area (Å²) in [6.45, 7) is 2.04. The van der Waals surface area contributed by atoms with Gasteiger partial charge in [0.25, 0.3) is 11.1 Å². The number of amides is 2. The van der Waals surface area contributed by atoms with Gasteiger partial charge in [0, 0.05) is 16.1 Å². The largest absolute Gasteiger partial charge is 0.478 e. The third kappa shape index (κ3) is 4.50. The SMILES string of the molecule is Cc1ccc(C(=O)O)cc1-c1ccc(C=C2SC(=O)N(Cc3cccc(Br)c3)C2=O)o1. The van der Waals surface area contributed by atoms with Crippen LogP contribution in [0.5, 0.6) is 0 Å². The predicted octanol–water partition coefficient (Wildman–Crippen LogP) is 5.95. The van der Waals surface area contributed by atoms with Crippen LogP contribution >= 0.6 is 27.7 Å². The van der Waals surface area contributed by atoms with Crippen LogP contribution in [0.25, 0.3) is 17.4 Å². The second kappa shape index (κ2) is 8.56. The molecule has 2 amide bonds. The van der Waals surface area contributed by atoms with E-state index < -0.39 is 5.97 Å². The van der Waals surface area contributed by atoms with Gasteiger partial charge in [-0.3, -0.25) is 14.5 Å². The summed E-state index contributed by atoms with van der Waals surface area (Å²) in [5, 5.41) is 8.88. The molecule has 0 spiro atoms. The predicted molar refractivity (Wildman–Crippen MR) is 121 cm³/mol. The summed E-state index contributed by atoms with van der Waals surface area (Å²) in [6, 6.07) is 15.6. The maximum Gasteiger partial charge on any atom is 0.335 e. The Balaban J connectivity index is 1.57. The zero-order chi connectivity index (χ0) is 22.1. The van der Waals surface area contributed by atoms with E-state index in [4.69, 9.17) is 4.42 Å². The summed E-state index contributed by atoms with van der Waals surface area (Å²) < 4.78 is 6.70. The summed E-state index contributed by atoms with van der Waals surface area (Å²) in [5.41, 5.74) is 2.52. The molecular formula is C23H16BrNO5S. The third-order valence-electron chi connectivity index (χ3n) is 4.75. The first kappa shape index (κ1) is 21.1. The lowest BCUT2D eigenvalue weighted by atomic mass is 10.0.